The molecular formula is C15H20N2OS. The van der Waals surface area contributed by atoms with Crippen molar-refractivity contribution in [3.63, 3.8) is 0 Å². The third-order valence-corrected chi connectivity index (χ3v) is 5.01. The van der Waals surface area contributed by atoms with Crippen molar-refractivity contribution in [2.75, 3.05) is 7.11 Å². The highest BCUT2D eigenvalue weighted by Crippen LogP contribution is 2.32. The van der Waals surface area contributed by atoms with Gasteiger partial charge in [0.2, 0.25) is 0 Å². The van der Waals surface area contributed by atoms with Crippen LogP contribution in [0.5, 0.6) is 5.75 Å². The molecule has 1 saturated carbocycles. The van der Waals surface area contributed by atoms with Crippen molar-refractivity contribution < 1.29 is 4.74 Å². The molecule has 102 valence electrons. The van der Waals surface area contributed by atoms with Crippen molar-refractivity contribution in [3.05, 3.63) is 23.2 Å². The summed E-state index contributed by atoms with van der Waals surface area (Å²) in [5.41, 5.74) is 7.54. The molecule has 0 aliphatic heterocycles. The number of methoxy groups -OCH3 is 1. The summed E-state index contributed by atoms with van der Waals surface area (Å²) in [5.74, 6) is 0.892. The van der Waals surface area contributed by atoms with Crippen LogP contribution in [0.15, 0.2) is 18.2 Å². The van der Waals surface area contributed by atoms with Crippen LogP contribution < -0.4 is 10.5 Å². The predicted octanol–water partition coefficient (Wildman–Crippen LogP) is 3.51. The number of aromatic nitrogens is 1. The van der Waals surface area contributed by atoms with E-state index in [1.54, 1.807) is 18.4 Å². The van der Waals surface area contributed by atoms with Crippen LogP contribution >= 0.6 is 11.3 Å². The number of hydrogen-bond donors (Lipinski definition) is 1. The van der Waals surface area contributed by atoms with Crippen LogP contribution in [0.3, 0.4) is 0 Å². The standard InChI is InChI=1S/C15H20N2OS/c1-18-11-5-6-12-13(9-11)19-14(17-12)10-15(16)7-3-2-4-8-15/h5-6,9H,2-4,7-8,10,16H2,1H3. The smallest absolute Gasteiger partial charge is 0.120 e. The Hall–Kier alpha value is -1.13. The SMILES string of the molecule is COc1ccc2nc(CC3(N)CCCCC3)sc2c1. The highest BCUT2D eigenvalue weighted by molar-refractivity contribution is 7.18. The van der Waals surface area contributed by atoms with E-state index in [1.807, 2.05) is 12.1 Å². The quantitative estimate of drug-likeness (QED) is 0.933. The van der Waals surface area contributed by atoms with Gasteiger partial charge in [-0.25, -0.2) is 4.98 Å². The van der Waals surface area contributed by atoms with E-state index in [-0.39, 0.29) is 5.54 Å². The minimum Gasteiger partial charge on any atom is -0.497 e. The lowest BCUT2D eigenvalue weighted by Gasteiger charge is -2.32. The molecule has 0 unspecified atom stereocenters. The highest BCUT2D eigenvalue weighted by atomic mass is 32.1. The molecule has 2 aromatic rings. The zero-order chi connectivity index (χ0) is 13.3. The van der Waals surface area contributed by atoms with E-state index in [1.165, 1.54) is 24.0 Å². The van der Waals surface area contributed by atoms with Crippen LogP contribution in [0.25, 0.3) is 10.2 Å². The van der Waals surface area contributed by atoms with Crippen LogP contribution in [0, 0.1) is 0 Å². The lowest BCUT2D eigenvalue weighted by molar-refractivity contribution is 0.294. The average Bonchev–Trinajstić information content (AvgIpc) is 2.79. The van der Waals surface area contributed by atoms with E-state index >= 15 is 0 Å². The molecule has 0 spiro atoms. The zero-order valence-corrected chi connectivity index (χ0v) is 12.1. The first-order valence-corrected chi connectivity index (χ1v) is 7.73. The Morgan fingerprint density at radius 3 is 2.84 bits per heavy atom. The number of nitrogens with zero attached hydrogens (tertiary/aromatic N) is 1. The van der Waals surface area contributed by atoms with Crippen molar-refractivity contribution in [3.8, 4) is 5.75 Å². The summed E-state index contributed by atoms with van der Waals surface area (Å²) in [4.78, 5) is 4.71. The minimum absolute atomic E-state index is 0.0315. The highest BCUT2D eigenvalue weighted by Gasteiger charge is 2.28. The van der Waals surface area contributed by atoms with E-state index in [0.717, 1.165) is 35.5 Å². The maximum atomic E-state index is 6.51. The van der Waals surface area contributed by atoms with Gasteiger partial charge in [-0.2, -0.15) is 0 Å². The molecule has 3 rings (SSSR count). The van der Waals surface area contributed by atoms with Gasteiger partial charge in [-0.15, -0.1) is 11.3 Å². The van der Waals surface area contributed by atoms with Gasteiger partial charge in [0.25, 0.3) is 0 Å². The van der Waals surface area contributed by atoms with E-state index < -0.39 is 0 Å². The van der Waals surface area contributed by atoms with Gasteiger partial charge in [0.1, 0.15) is 5.75 Å². The second-order valence-electron chi connectivity index (χ2n) is 5.54. The Morgan fingerprint density at radius 2 is 2.11 bits per heavy atom. The monoisotopic (exact) mass is 276 g/mol. The van der Waals surface area contributed by atoms with Crippen molar-refractivity contribution in [1.82, 2.24) is 4.98 Å². The fourth-order valence-electron chi connectivity index (χ4n) is 2.89. The zero-order valence-electron chi connectivity index (χ0n) is 11.3. The number of fused-ring (bicyclic) bond motifs is 1. The molecule has 19 heavy (non-hydrogen) atoms. The van der Waals surface area contributed by atoms with E-state index in [9.17, 15) is 0 Å². The lowest BCUT2D eigenvalue weighted by Crippen LogP contribution is -2.43. The van der Waals surface area contributed by atoms with Gasteiger partial charge in [-0.3, -0.25) is 0 Å². The minimum atomic E-state index is -0.0315. The Bertz CT molecular complexity index is 573. The fraction of sp³-hybridized carbons (Fsp3) is 0.533. The third kappa shape index (κ3) is 2.74. The molecule has 1 aromatic heterocycles. The van der Waals surface area contributed by atoms with Crippen LogP contribution in [-0.2, 0) is 6.42 Å². The average molecular weight is 276 g/mol. The first-order chi connectivity index (χ1) is 9.18. The first-order valence-electron chi connectivity index (χ1n) is 6.91. The fourth-order valence-corrected chi connectivity index (χ4v) is 4.04. The Kier molecular flexibility index (Phi) is 3.46. The van der Waals surface area contributed by atoms with Gasteiger partial charge >= 0.3 is 0 Å². The maximum absolute atomic E-state index is 6.51. The number of benzene rings is 1. The van der Waals surface area contributed by atoms with E-state index in [2.05, 4.69) is 6.07 Å². The molecule has 1 aromatic carbocycles. The third-order valence-electron chi connectivity index (χ3n) is 3.99. The number of rotatable bonds is 3. The summed E-state index contributed by atoms with van der Waals surface area (Å²) >= 11 is 1.75. The Labute approximate surface area is 117 Å². The molecular weight excluding hydrogens is 256 g/mol. The summed E-state index contributed by atoms with van der Waals surface area (Å²) in [5, 5.41) is 1.16. The molecule has 3 nitrogen and oxygen atoms in total. The van der Waals surface area contributed by atoms with Gasteiger partial charge in [-0.1, -0.05) is 19.3 Å². The van der Waals surface area contributed by atoms with E-state index in [4.69, 9.17) is 15.5 Å². The number of ether oxygens (including phenoxy) is 1. The van der Waals surface area contributed by atoms with Gasteiger partial charge < -0.3 is 10.5 Å². The molecule has 0 atom stereocenters. The van der Waals surface area contributed by atoms with Crippen molar-refractivity contribution >= 4 is 21.6 Å². The van der Waals surface area contributed by atoms with Gasteiger partial charge in [0, 0.05) is 12.0 Å². The molecule has 2 N–H and O–H groups in total. The van der Waals surface area contributed by atoms with Crippen LogP contribution in [0.4, 0.5) is 0 Å². The molecule has 1 heterocycles. The van der Waals surface area contributed by atoms with Crippen molar-refractivity contribution in [2.24, 2.45) is 5.73 Å². The summed E-state index contributed by atoms with van der Waals surface area (Å²) in [6.45, 7) is 0. The first kappa shape index (κ1) is 12.9. The molecule has 1 aliphatic carbocycles. The summed E-state index contributed by atoms with van der Waals surface area (Å²) in [7, 11) is 1.69. The molecule has 1 aliphatic rings. The number of thiazole rings is 1. The van der Waals surface area contributed by atoms with Gasteiger partial charge in [-0.05, 0) is 31.0 Å². The van der Waals surface area contributed by atoms with Crippen LogP contribution in [-0.4, -0.2) is 17.6 Å². The Morgan fingerprint density at radius 1 is 1.32 bits per heavy atom. The lowest BCUT2D eigenvalue weighted by atomic mass is 9.80. The molecule has 0 saturated heterocycles. The van der Waals surface area contributed by atoms with E-state index in [0.29, 0.717) is 0 Å². The van der Waals surface area contributed by atoms with Crippen LogP contribution in [0.2, 0.25) is 0 Å². The summed E-state index contributed by atoms with van der Waals surface area (Å²) in [6, 6.07) is 6.05. The Balaban J connectivity index is 1.84. The maximum Gasteiger partial charge on any atom is 0.120 e. The number of nitrogens with two attached hydrogens (primary N) is 1. The topological polar surface area (TPSA) is 48.1 Å². The molecule has 0 amide bonds. The largest absolute Gasteiger partial charge is 0.497 e. The molecule has 0 bridgehead atoms. The predicted molar refractivity (Wildman–Crippen MR) is 79.9 cm³/mol. The summed E-state index contributed by atoms with van der Waals surface area (Å²) < 4.78 is 6.44. The normalized spacial score (nSPS) is 18.6. The van der Waals surface area contributed by atoms with Crippen LogP contribution in [0.1, 0.15) is 37.1 Å². The molecule has 0 radical (unpaired) electrons. The van der Waals surface area contributed by atoms with Gasteiger partial charge in [0.15, 0.2) is 0 Å². The molecule has 1 fully saturated rings. The molecule has 4 heteroatoms. The summed E-state index contributed by atoms with van der Waals surface area (Å²) in [6.07, 6.45) is 7.02. The second-order valence-corrected chi connectivity index (χ2v) is 6.66. The van der Waals surface area contributed by atoms with Crippen molar-refractivity contribution in [1.29, 1.82) is 0 Å². The van der Waals surface area contributed by atoms with Crippen molar-refractivity contribution in [2.45, 2.75) is 44.1 Å². The van der Waals surface area contributed by atoms with Gasteiger partial charge in [0.05, 0.1) is 22.3 Å². The number of hydrogen-bond acceptors (Lipinski definition) is 4. The second kappa shape index (κ2) is 5.10.